The van der Waals surface area contributed by atoms with E-state index in [0.29, 0.717) is 68.6 Å². The van der Waals surface area contributed by atoms with E-state index in [1.54, 1.807) is 15.4 Å². The molecule has 7 rings (SSSR count). The molecular formula is C34H39ClF3N9O4. The number of hydrogen-bond acceptors (Lipinski definition) is 9. The van der Waals surface area contributed by atoms with Crippen molar-refractivity contribution in [2.24, 2.45) is 0 Å². The number of piperazine rings is 1. The zero-order chi connectivity index (χ0) is 36.0. The van der Waals surface area contributed by atoms with Gasteiger partial charge in [0.05, 0.1) is 47.4 Å². The third kappa shape index (κ3) is 6.66. The Labute approximate surface area is 296 Å². The Balaban J connectivity index is 1.23. The maximum atomic E-state index is 14.3. The molecule has 1 amide bonds. The van der Waals surface area contributed by atoms with Crippen LogP contribution in [0, 0.1) is 0 Å². The molecule has 5 heterocycles. The Hall–Kier alpha value is -4.57. The predicted molar refractivity (Wildman–Crippen MR) is 186 cm³/mol. The van der Waals surface area contributed by atoms with E-state index in [-0.39, 0.29) is 46.6 Å². The molecule has 13 nitrogen and oxygen atoms in total. The minimum atomic E-state index is -4.59. The summed E-state index contributed by atoms with van der Waals surface area (Å²) in [5, 5.41) is 22.6. The first-order valence-corrected chi connectivity index (χ1v) is 17.6. The van der Waals surface area contributed by atoms with Gasteiger partial charge < -0.3 is 29.5 Å². The first-order chi connectivity index (χ1) is 24.4. The molecule has 17 heteroatoms. The van der Waals surface area contributed by atoms with E-state index in [9.17, 15) is 27.9 Å². The van der Waals surface area contributed by atoms with Gasteiger partial charge in [-0.1, -0.05) is 37.4 Å². The predicted octanol–water partition coefficient (Wildman–Crippen LogP) is 5.30. The molecule has 0 spiro atoms. The van der Waals surface area contributed by atoms with E-state index in [4.69, 9.17) is 21.3 Å². The van der Waals surface area contributed by atoms with Crippen LogP contribution < -0.4 is 20.7 Å². The molecule has 4 aromatic rings. The summed E-state index contributed by atoms with van der Waals surface area (Å²) in [4.78, 5) is 36.7. The highest BCUT2D eigenvalue weighted by atomic mass is 35.5. The lowest BCUT2D eigenvalue weighted by atomic mass is 10.1. The third-order valence-corrected chi connectivity index (χ3v) is 10.3. The number of carbonyl (C=O) groups is 1. The van der Waals surface area contributed by atoms with Crippen molar-refractivity contribution in [2.45, 2.75) is 77.2 Å². The van der Waals surface area contributed by atoms with Gasteiger partial charge in [-0.15, -0.1) is 5.10 Å². The summed E-state index contributed by atoms with van der Waals surface area (Å²) in [7, 11) is 0. The molecule has 0 radical (unpaired) electrons. The average Bonchev–Trinajstić information content (AvgIpc) is 3.87. The molecule has 0 unspecified atom stereocenters. The van der Waals surface area contributed by atoms with Gasteiger partial charge in [0.15, 0.2) is 5.82 Å². The van der Waals surface area contributed by atoms with Crippen molar-refractivity contribution in [3.8, 4) is 5.88 Å². The van der Waals surface area contributed by atoms with Crippen LogP contribution in [0.15, 0.2) is 35.3 Å². The van der Waals surface area contributed by atoms with E-state index >= 15 is 0 Å². The fourth-order valence-corrected chi connectivity index (χ4v) is 7.63. The van der Waals surface area contributed by atoms with Crippen LogP contribution in [-0.4, -0.2) is 78.8 Å². The Morgan fingerprint density at radius 3 is 2.65 bits per heavy atom. The van der Waals surface area contributed by atoms with Gasteiger partial charge in [-0.25, -0.2) is 4.68 Å². The lowest BCUT2D eigenvalue weighted by molar-refractivity contribution is -0.137. The van der Waals surface area contributed by atoms with Crippen LogP contribution in [-0.2, 0) is 28.7 Å². The van der Waals surface area contributed by atoms with Crippen molar-refractivity contribution in [1.29, 1.82) is 0 Å². The second-order valence-electron chi connectivity index (χ2n) is 13.2. The first-order valence-electron chi connectivity index (χ1n) is 17.2. The number of hydrogen-bond donors (Lipinski definition) is 2. The number of ether oxygens (including phenoxy) is 1. The van der Waals surface area contributed by atoms with Crippen LogP contribution in [0.5, 0.6) is 5.88 Å². The number of aromatic hydroxyl groups is 1. The van der Waals surface area contributed by atoms with Crippen molar-refractivity contribution in [3.63, 3.8) is 0 Å². The zero-order valence-electron chi connectivity index (χ0n) is 28.3. The molecule has 2 N–H and O–H groups in total. The first kappa shape index (κ1) is 34.9. The number of aromatic nitrogens is 6. The van der Waals surface area contributed by atoms with Crippen LogP contribution in [0.25, 0.3) is 11.4 Å². The van der Waals surface area contributed by atoms with Crippen molar-refractivity contribution in [3.05, 3.63) is 62.9 Å². The van der Waals surface area contributed by atoms with Crippen LogP contribution in [0.1, 0.15) is 69.1 Å². The van der Waals surface area contributed by atoms with Gasteiger partial charge >= 0.3 is 6.18 Å². The number of halogens is 4. The molecule has 3 aliphatic rings. The average molecular weight is 730 g/mol. The normalized spacial score (nSPS) is 18.9. The van der Waals surface area contributed by atoms with Crippen molar-refractivity contribution < 1.29 is 27.8 Å². The minimum Gasteiger partial charge on any atom is -0.492 e. The second kappa shape index (κ2) is 13.9. The van der Waals surface area contributed by atoms with Gasteiger partial charge in [-0.05, 0) is 56.4 Å². The largest absolute Gasteiger partial charge is 0.492 e. The summed E-state index contributed by atoms with van der Waals surface area (Å²) >= 11 is 6.15. The third-order valence-electron chi connectivity index (χ3n) is 9.96. The van der Waals surface area contributed by atoms with E-state index in [1.165, 1.54) is 4.52 Å². The highest BCUT2D eigenvalue weighted by Crippen LogP contribution is 2.38. The maximum absolute atomic E-state index is 14.3. The summed E-state index contributed by atoms with van der Waals surface area (Å²) in [6.07, 6.45) is 4.07. The molecule has 3 aromatic heterocycles. The van der Waals surface area contributed by atoms with Gasteiger partial charge in [0.1, 0.15) is 17.9 Å². The maximum Gasteiger partial charge on any atom is 0.416 e. The summed E-state index contributed by atoms with van der Waals surface area (Å²) in [5.74, 6) is 0.0812. The summed E-state index contributed by atoms with van der Waals surface area (Å²) < 4.78 is 49.7. The summed E-state index contributed by atoms with van der Waals surface area (Å²) in [5.41, 5.74) is 1.10. The molecule has 1 atom stereocenters. The van der Waals surface area contributed by atoms with Crippen LogP contribution in [0.2, 0.25) is 5.02 Å². The summed E-state index contributed by atoms with van der Waals surface area (Å²) in [6, 6.07) is 2.78. The molecule has 2 fully saturated rings. The number of nitrogens with zero attached hydrogens (tertiary/aromatic N) is 8. The van der Waals surface area contributed by atoms with Gasteiger partial charge in [0.25, 0.3) is 5.56 Å². The highest BCUT2D eigenvalue weighted by Gasteiger charge is 2.34. The van der Waals surface area contributed by atoms with E-state index in [0.717, 1.165) is 49.5 Å². The topological polar surface area (TPSA) is 135 Å². The van der Waals surface area contributed by atoms with Gasteiger partial charge in [-0.3, -0.25) is 9.59 Å². The molecule has 272 valence electrons. The number of benzene rings is 1. The Morgan fingerprint density at radius 2 is 1.98 bits per heavy atom. The number of alkyl halides is 3. The molecule has 1 aromatic carbocycles. The fraction of sp³-hybridized carbons (Fsp3) is 0.500. The molecule has 0 bridgehead atoms. The van der Waals surface area contributed by atoms with Crippen LogP contribution in [0.3, 0.4) is 0 Å². The second-order valence-corrected chi connectivity index (χ2v) is 13.6. The van der Waals surface area contributed by atoms with Crippen molar-refractivity contribution >= 4 is 45.9 Å². The number of anilines is 3. The van der Waals surface area contributed by atoms with E-state index < -0.39 is 17.6 Å². The fourth-order valence-electron chi connectivity index (χ4n) is 7.41. The highest BCUT2D eigenvalue weighted by molar-refractivity contribution is 6.33. The molecule has 1 saturated heterocycles. The molecule has 2 aliphatic heterocycles. The Bertz CT molecular complexity index is 2050. The number of fused-ring (bicyclic) bond motifs is 1. The van der Waals surface area contributed by atoms with Gasteiger partial charge in [-0.2, -0.15) is 27.8 Å². The van der Waals surface area contributed by atoms with Crippen LogP contribution in [0.4, 0.5) is 30.2 Å². The quantitative estimate of drug-likeness (QED) is 0.248. The van der Waals surface area contributed by atoms with Crippen LogP contribution >= 0.6 is 11.6 Å². The number of nitrogens with one attached hydrogen (secondary N) is 1. The zero-order valence-corrected chi connectivity index (χ0v) is 29.0. The smallest absolute Gasteiger partial charge is 0.416 e. The molecule has 1 aliphatic carbocycles. The number of rotatable bonds is 8. The lowest BCUT2D eigenvalue weighted by Crippen LogP contribution is -2.54. The van der Waals surface area contributed by atoms with Gasteiger partial charge in [0.2, 0.25) is 17.6 Å². The SMILES string of the molecule is CCc1c(N2CCN(c3cnn(C4CCCC4)c3O)[C@H](C)C2)c(=O)n2nc(C3=CCOCC3)nc2n1CC(=O)Nc1ccc(C(F)(F)F)cc1Cl. The molecule has 1 saturated carbocycles. The number of carbonyl (C=O) groups excluding carboxylic acids is 1. The standard InChI is InChI=1S/C34H39ClF3N9O4/c1-3-26-29(43-12-13-44(20(2)18-43)27-17-39-46(31(27)49)23-6-4-5-7-23)32(50)47-33(41-30(42-47)21-10-14-51-15-11-21)45(26)19-28(48)40-25-9-8-22(16-24(25)35)34(36,37)38/h8-10,16-17,20,23,49H,3-7,11-15,18-19H2,1-2H3,(H,40,48)/t20-/m1/s1. The Kier molecular flexibility index (Phi) is 9.48. The summed E-state index contributed by atoms with van der Waals surface area (Å²) in [6.45, 7) is 5.80. The van der Waals surface area contributed by atoms with E-state index in [2.05, 4.69) is 20.4 Å². The molecule has 51 heavy (non-hydrogen) atoms. The van der Waals surface area contributed by atoms with Crippen molar-refractivity contribution in [1.82, 2.24) is 28.9 Å². The van der Waals surface area contributed by atoms with Gasteiger partial charge in [0, 0.05) is 25.7 Å². The molecular weight excluding hydrogens is 691 g/mol. The van der Waals surface area contributed by atoms with E-state index in [1.807, 2.05) is 24.8 Å². The van der Waals surface area contributed by atoms with Crippen molar-refractivity contribution in [2.75, 3.05) is 48.0 Å². The Morgan fingerprint density at radius 1 is 1.20 bits per heavy atom. The number of amides is 1. The minimum absolute atomic E-state index is 0.0176. The monoisotopic (exact) mass is 729 g/mol. The lowest BCUT2D eigenvalue weighted by Gasteiger charge is -2.42.